The van der Waals surface area contributed by atoms with Gasteiger partial charge in [0.15, 0.2) is 5.82 Å². The lowest BCUT2D eigenvalue weighted by Gasteiger charge is -2.26. The van der Waals surface area contributed by atoms with Crippen LogP contribution in [0.3, 0.4) is 0 Å². The Bertz CT molecular complexity index is 599. The number of benzene rings is 1. The number of hydrogen-bond donors (Lipinski definition) is 1. The van der Waals surface area contributed by atoms with Crippen LogP contribution in [0.15, 0.2) is 28.8 Å². The minimum Gasteiger partial charge on any atom is -0.380 e. The van der Waals surface area contributed by atoms with Crippen molar-refractivity contribution in [2.45, 2.75) is 34.1 Å². The molecular formula is C16H21FN2O. The Hall–Kier alpha value is -1.84. The van der Waals surface area contributed by atoms with Crippen LogP contribution in [0.2, 0.25) is 0 Å². The van der Waals surface area contributed by atoms with Crippen LogP contribution in [0.5, 0.6) is 0 Å². The third-order valence-electron chi connectivity index (χ3n) is 3.87. The Balaban J connectivity index is 2.38. The van der Waals surface area contributed by atoms with Crippen LogP contribution >= 0.6 is 0 Å². The first kappa shape index (κ1) is 14.6. The zero-order chi connectivity index (χ0) is 14.9. The lowest BCUT2D eigenvalue weighted by molar-refractivity contribution is 0.240. The Morgan fingerprint density at radius 1 is 1.35 bits per heavy atom. The molecule has 2 N–H and O–H groups in total. The molecule has 3 nitrogen and oxygen atoms in total. The second-order valence-corrected chi connectivity index (χ2v) is 6.35. The van der Waals surface area contributed by atoms with Crippen molar-refractivity contribution in [1.29, 1.82) is 0 Å². The number of nitrogens with zero attached hydrogens (tertiary/aromatic N) is 1. The third kappa shape index (κ3) is 3.00. The number of nitrogens with two attached hydrogens (primary N) is 1. The van der Waals surface area contributed by atoms with Crippen LogP contribution in [-0.4, -0.2) is 5.16 Å². The maximum absolute atomic E-state index is 13.4. The SMILES string of the molecule is CC(Cc1onc(N)c1-c1cccc(F)c1)C(C)(C)C. The van der Waals surface area contributed by atoms with Gasteiger partial charge in [0.25, 0.3) is 0 Å². The summed E-state index contributed by atoms with van der Waals surface area (Å²) in [5.74, 6) is 1.13. The highest BCUT2D eigenvalue weighted by Gasteiger charge is 2.25. The zero-order valence-electron chi connectivity index (χ0n) is 12.4. The second-order valence-electron chi connectivity index (χ2n) is 6.35. The van der Waals surface area contributed by atoms with Crippen molar-refractivity contribution < 1.29 is 8.91 Å². The Kier molecular flexibility index (Phi) is 3.84. The Morgan fingerprint density at radius 3 is 2.65 bits per heavy atom. The van der Waals surface area contributed by atoms with Crippen molar-refractivity contribution in [1.82, 2.24) is 5.16 Å². The zero-order valence-corrected chi connectivity index (χ0v) is 12.4. The highest BCUT2D eigenvalue weighted by atomic mass is 19.1. The molecule has 1 atom stereocenters. The van der Waals surface area contributed by atoms with Crippen LogP contribution in [-0.2, 0) is 6.42 Å². The van der Waals surface area contributed by atoms with Crippen molar-refractivity contribution in [2.75, 3.05) is 5.73 Å². The van der Waals surface area contributed by atoms with E-state index < -0.39 is 0 Å². The van der Waals surface area contributed by atoms with Crippen molar-refractivity contribution >= 4 is 5.82 Å². The maximum atomic E-state index is 13.4. The van der Waals surface area contributed by atoms with Gasteiger partial charge in [-0.25, -0.2) is 4.39 Å². The van der Waals surface area contributed by atoms with Crippen molar-refractivity contribution in [3.63, 3.8) is 0 Å². The van der Waals surface area contributed by atoms with Gasteiger partial charge in [-0.05, 0) is 29.0 Å². The van der Waals surface area contributed by atoms with E-state index in [1.165, 1.54) is 12.1 Å². The van der Waals surface area contributed by atoms with E-state index in [1.807, 2.05) is 6.07 Å². The summed E-state index contributed by atoms with van der Waals surface area (Å²) in [6.45, 7) is 8.70. The summed E-state index contributed by atoms with van der Waals surface area (Å²) in [5.41, 5.74) is 7.45. The van der Waals surface area contributed by atoms with Crippen LogP contribution in [0.25, 0.3) is 11.1 Å². The molecule has 0 spiro atoms. The number of rotatable bonds is 3. The minimum absolute atomic E-state index is 0.154. The third-order valence-corrected chi connectivity index (χ3v) is 3.87. The average molecular weight is 276 g/mol. The number of anilines is 1. The smallest absolute Gasteiger partial charge is 0.175 e. The molecule has 4 heteroatoms. The van der Waals surface area contributed by atoms with Gasteiger partial charge in [0.1, 0.15) is 11.6 Å². The molecule has 0 bridgehead atoms. The first-order valence-corrected chi connectivity index (χ1v) is 6.79. The van der Waals surface area contributed by atoms with E-state index in [9.17, 15) is 4.39 Å². The summed E-state index contributed by atoms with van der Waals surface area (Å²) >= 11 is 0. The highest BCUT2D eigenvalue weighted by Crippen LogP contribution is 2.35. The predicted molar refractivity (Wildman–Crippen MR) is 78.6 cm³/mol. The fourth-order valence-corrected chi connectivity index (χ4v) is 2.01. The quantitative estimate of drug-likeness (QED) is 0.910. The Labute approximate surface area is 119 Å². The summed E-state index contributed by atoms with van der Waals surface area (Å²) in [6.07, 6.45) is 0.722. The number of aromatic nitrogens is 1. The Morgan fingerprint density at radius 2 is 2.05 bits per heavy atom. The number of halogens is 1. The van der Waals surface area contributed by atoms with Crippen LogP contribution in [0.1, 0.15) is 33.5 Å². The molecule has 1 aromatic heterocycles. The minimum atomic E-state index is -0.294. The van der Waals surface area contributed by atoms with E-state index in [0.29, 0.717) is 22.9 Å². The topological polar surface area (TPSA) is 52.0 Å². The van der Waals surface area contributed by atoms with E-state index >= 15 is 0 Å². The van der Waals surface area contributed by atoms with Gasteiger partial charge in [0, 0.05) is 6.42 Å². The van der Waals surface area contributed by atoms with Crippen molar-refractivity contribution in [3.8, 4) is 11.1 Å². The molecule has 2 rings (SSSR count). The van der Waals surface area contributed by atoms with Crippen molar-refractivity contribution in [3.05, 3.63) is 35.8 Å². The molecule has 1 unspecified atom stereocenters. The lowest BCUT2D eigenvalue weighted by atomic mass is 9.79. The van der Waals surface area contributed by atoms with Gasteiger partial charge in [-0.3, -0.25) is 0 Å². The summed E-state index contributed by atoms with van der Waals surface area (Å²) in [4.78, 5) is 0. The first-order chi connectivity index (χ1) is 9.29. The highest BCUT2D eigenvalue weighted by molar-refractivity contribution is 5.75. The van der Waals surface area contributed by atoms with Crippen LogP contribution in [0, 0.1) is 17.2 Å². The molecule has 2 aromatic rings. The van der Waals surface area contributed by atoms with Gasteiger partial charge in [0.05, 0.1) is 5.56 Å². The standard InChI is InChI=1S/C16H21FN2O/c1-10(16(2,3)4)8-13-14(15(18)19-20-13)11-6-5-7-12(17)9-11/h5-7,9-10H,8H2,1-4H3,(H2,18,19). The van der Waals surface area contributed by atoms with Gasteiger partial charge in [0.2, 0.25) is 0 Å². The second kappa shape index (κ2) is 5.27. The van der Waals surface area contributed by atoms with E-state index in [0.717, 1.165) is 12.2 Å². The van der Waals surface area contributed by atoms with Gasteiger partial charge < -0.3 is 10.3 Å². The summed E-state index contributed by atoms with van der Waals surface area (Å²) in [6, 6.07) is 6.34. The first-order valence-electron chi connectivity index (χ1n) is 6.79. The molecule has 1 aromatic carbocycles. The molecule has 0 saturated carbocycles. The van der Waals surface area contributed by atoms with E-state index in [-0.39, 0.29) is 11.2 Å². The van der Waals surface area contributed by atoms with E-state index in [4.69, 9.17) is 10.3 Å². The number of nitrogen functional groups attached to an aromatic ring is 1. The molecule has 1 heterocycles. The maximum Gasteiger partial charge on any atom is 0.175 e. The van der Waals surface area contributed by atoms with Gasteiger partial charge in [-0.2, -0.15) is 0 Å². The summed E-state index contributed by atoms with van der Waals surface area (Å²) < 4.78 is 18.7. The summed E-state index contributed by atoms with van der Waals surface area (Å²) in [5, 5.41) is 3.84. The van der Waals surface area contributed by atoms with Gasteiger partial charge >= 0.3 is 0 Å². The molecule has 20 heavy (non-hydrogen) atoms. The molecule has 0 aliphatic carbocycles. The average Bonchev–Trinajstić information content (AvgIpc) is 2.69. The lowest BCUT2D eigenvalue weighted by Crippen LogP contribution is -2.19. The summed E-state index contributed by atoms with van der Waals surface area (Å²) in [7, 11) is 0. The van der Waals surface area contributed by atoms with Crippen molar-refractivity contribution in [2.24, 2.45) is 11.3 Å². The van der Waals surface area contributed by atoms with Gasteiger partial charge in [-0.15, -0.1) is 0 Å². The monoisotopic (exact) mass is 276 g/mol. The molecule has 0 aliphatic heterocycles. The fourth-order valence-electron chi connectivity index (χ4n) is 2.01. The number of hydrogen-bond acceptors (Lipinski definition) is 3. The molecule has 0 amide bonds. The predicted octanol–water partition coefficient (Wildman–Crippen LogP) is 4.29. The van der Waals surface area contributed by atoms with E-state index in [2.05, 4.69) is 32.9 Å². The van der Waals surface area contributed by atoms with Crippen LogP contribution < -0.4 is 5.73 Å². The largest absolute Gasteiger partial charge is 0.380 e. The molecule has 0 radical (unpaired) electrons. The molecule has 0 aliphatic rings. The normalized spacial score (nSPS) is 13.4. The van der Waals surface area contributed by atoms with Crippen LogP contribution in [0.4, 0.5) is 10.2 Å². The van der Waals surface area contributed by atoms with E-state index in [1.54, 1.807) is 6.07 Å². The molecule has 0 fully saturated rings. The fraction of sp³-hybridized carbons (Fsp3) is 0.438. The molecular weight excluding hydrogens is 255 g/mol. The van der Waals surface area contributed by atoms with Gasteiger partial charge in [-0.1, -0.05) is 45.0 Å². The molecule has 108 valence electrons. The molecule has 0 saturated heterocycles.